The molecule has 1 fully saturated rings. The standard InChI is InChI=1S/C12H22N4S2/c1-3-5-13-12-15-14-11(18-12)9-16-6-7-17-10(4-2)8-16/h10H,3-9H2,1-2H3,(H,13,15). The molecule has 0 saturated carbocycles. The largest absolute Gasteiger partial charge is 0.360 e. The molecule has 2 heterocycles. The highest BCUT2D eigenvalue weighted by Gasteiger charge is 2.20. The van der Waals surface area contributed by atoms with Gasteiger partial charge in [0.05, 0.1) is 6.54 Å². The highest BCUT2D eigenvalue weighted by Crippen LogP contribution is 2.23. The van der Waals surface area contributed by atoms with Crippen LogP contribution in [-0.4, -0.2) is 45.7 Å². The zero-order valence-corrected chi connectivity index (χ0v) is 12.8. The molecule has 1 N–H and O–H groups in total. The number of hydrogen-bond acceptors (Lipinski definition) is 6. The molecule has 102 valence electrons. The van der Waals surface area contributed by atoms with Crippen LogP contribution < -0.4 is 5.32 Å². The lowest BCUT2D eigenvalue weighted by molar-refractivity contribution is 0.272. The SMILES string of the molecule is CCCNc1nnc(CN2CCSC(CC)C2)s1. The molecule has 0 aliphatic carbocycles. The molecule has 6 heteroatoms. The van der Waals surface area contributed by atoms with E-state index < -0.39 is 0 Å². The molecule has 0 radical (unpaired) electrons. The Morgan fingerprint density at radius 1 is 1.39 bits per heavy atom. The molecule has 4 nitrogen and oxygen atoms in total. The van der Waals surface area contributed by atoms with Crippen molar-refractivity contribution in [2.24, 2.45) is 0 Å². The summed E-state index contributed by atoms with van der Waals surface area (Å²) in [6.45, 7) is 8.75. The van der Waals surface area contributed by atoms with Crippen LogP contribution in [0.2, 0.25) is 0 Å². The normalized spacial score (nSPS) is 21.1. The van der Waals surface area contributed by atoms with Crippen LogP contribution in [0.1, 0.15) is 31.7 Å². The number of anilines is 1. The van der Waals surface area contributed by atoms with Crippen molar-refractivity contribution in [2.75, 3.05) is 30.7 Å². The zero-order valence-electron chi connectivity index (χ0n) is 11.2. The van der Waals surface area contributed by atoms with Crippen LogP contribution in [-0.2, 0) is 6.54 Å². The summed E-state index contributed by atoms with van der Waals surface area (Å²) >= 11 is 3.80. The summed E-state index contributed by atoms with van der Waals surface area (Å²) in [4.78, 5) is 2.51. The predicted octanol–water partition coefficient (Wildman–Crippen LogP) is 2.69. The second kappa shape index (κ2) is 7.31. The van der Waals surface area contributed by atoms with Gasteiger partial charge in [0.25, 0.3) is 0 Å². The molecule has 0 bridgehead atoms. The highest BCUT2D eigenvalue weighted by atomic mass is 32.2. The molecule has 0 aromatic carbocycles. The van der Waals surface area contributed by atoms with Gasteiger partial charge in [0, 0.05) is 30.6 Å². The van der Waals surface area contributed by atoms with E-state index in [0.29, 0.717) is 0 Å². The van der Waals surface area contributed by atoms with Crippen molar-refractivity contribution in [3.8, 4) is 0 Å². The number of hydrogen-bond donors (Lipinski definition) is 1. The second-order valence-corrected chi connectivity index (χ2v) is 7.03. The number of nitrogens with zero attached hydrogens (tertiary/aromatic N) is 3. The van der Waals surface area contributed by atoms with E-state index in [1.807, 2.05) is 0 Å². The fraction of sp³-hybridized carbons (Fsp3) is 0.833. The third-order valence-electron chi connectivity index (χ3n) is 3.03. The first-order chi connectivity index (χ1) is 8.81. The Bertz CT molecular complexity index is 356. The molecule has 1 aromatic heterocycles. The van der Waals surface area contributed by atoms with Crippen LogP contribution in [0.5, 0.6) is 0 Å². The lowest BCUT2D eigenvalue weighted by atomic mass is 10.3. The van der Waals surface area contributed by atoms with Crippen molar-refractivity contribution in [3.05, 3.63) is 5.01 Å². The van der Waals surface area contributed by atoms with Crippen LogP contribution in [0.3, 0.4) is 0 Å². The summed E-state index contributed by atoms with van der Waals surface area (Å²) in [5.74, 6) is 1.25. The van der Waals surface area contributed by atoms with Gasteiger partial charge in [0.1, 0.15) is 5.01 Å². The van der Waals surface area contributed by atoms with Crippen molar-refractivity contribution in [1.82, 2.24) is 15.1 Å². The van der Waals surface area contributed by atoms with E-state index in [-0.39, 0.29) is 0 Å². The Kier molecular flexibility index (Phi) is 5.72. The van der Waals surface area contributed by atoms with E-state index in [9.17, 15) is 0 Å². The third kappa shape index (κ3) is 4.10. The average molecular weight is 286 g/mol. The molecule has 0 amide bonds. The maximum absolute atomic E-state index is 4.27. The third-order valence-corrected chi connectivity index (χ3v) is 5.27. The topological polar surface area (TPSA) is 41.1 Å². The quantitative estimate of drug-likeness (QED) is 0.871. The van der Waals surface area contributed by atoms with Crippen LogP contribution in [0.4, 0.5) is 5.13 Å². The van der Waals surface area contributed by atoms with Gasteiger partial charge in [-0.25, -0.2) is 0 Å². The van der Waals surface area contributed by atoms with Gasteiger partial charge in [-0.1, -0.05) is 25.2 Å². The van der Waals surface area contributed by atoms with Gasteiger partial charge in [-0.2, -0.15) is 11.8 Å². The van der Waals surface area contributed by atoms with Gasteiger partial charge in [0.15, 0.2) is 0 Å². The minimum Gasteiger partial charge on any atom is -0.360 e. The minimum atomic E-state index is 0.796. The first kappa shape index (κ1) is 14.1. The van der Waals surface area contributed by atoms with Gasteiger partial charge in [-0.3, -0.25) is 4.90 Å². The van der Waals surface area contributed by atoms with Crippen molar-refractivity contribution < 1.29 is 0 Å². The Balaban J connectivity index is 1.83. The fourth-order valence-electron chi connectivity index (χ4n) is 1.98. The van der Waals surface area contributed by atoms with Gasteiger partial charge in [-0.15, -0.1) is 10.2 Å². The Morgan fingerprint density at radius 2 is 2.28 bits per heavy atom. The number of thioether (sulfide) groups is 1. The van der Waals surface area contributed by atoms with Crippen LogP contribution in [0.25, 0.3) is 0 Å². The molecule has 1 atom stereocenters. The summed E-state index contributed by atoms with van der Waals surface area (Å²) in [5, 5.41) is 14.6. The Morgan fingerprint density at radius 3 is 3.06 bits per heavy atom. The molecular formula is C12H22N4S2. The summed E-state index contributed by atoms with van der Waals surface area (Å²) in [6.07, 6.45) is 2.39. The van der Waals surface area contributed by atoms with Crippen molar-refractivity contribution in [2.45, 2.75) is 38.5 Å². The summed E-state index contributed by atoms with van der Waals surface area (Å²) < 4.78 is 0. The average Bonchev–Trinajstić information content (AvgIpc) is 2.84. The smallest absolute Gasteiger partial charge is 0.205 e. The van der Waals surface area contributed by atoms with Gasteiger partial charge in [0.2, 0.25) is 5.13 Å². The molecular weight excluding hydrogens is 264 g/mol. The molecule has 0 spiro atoms. The maximum Gasteiger partial charge on any atom is 0.205 e. The van der Waals surface area contributed by atoms with Gasteiger partial charge >= 0.3 is 0 Å². The number of nitrogens with one attached hydrogen (secondary N) is 1. The Labute approximate surface area is 118 Å². The van der Waals surface area contributed by atoms with Gasteiger partial charge < -0.3 is 5.32 Å². The van der Waals surface area contributed by atoms with E-state index in [2.05, 4.69) is 46.0 Å². The molecule has 1 unspecified atom stereocenters. The summed E-state index contributed by atoms with van der Waals surface area (Å²) in [6, 6.07) is 0. The van der Waals surface area contributed by atoms with E-state index in [1.54, 1.807) is 11.3 Å². The van der Waals surface area contributed by atoms with E-state index in [4.69, 9.17) is 0 Å². The Hall–Kier alpha value is -0.330. The van der Waals surface area contributed by atoms with Crippen LogP contribution >= 0.6 is 23.1 Å². The summed E-state index contributed by atoms with van der Waals surface area (Å²) in [5.41, 5.74) is 0. The lowest BCUT2D eigenvalue weighted by Gasteiger charge is -2.30. The molecule has 2 rings (SSSR count). The lowest BCUT2D eigenvalue weighted by Crippen LogP contribution is -2.36. The van der Waals surface area contributed by atoms with Crippen molar-refractivity contribution >= 4 is 28.2 Å². The maximum atomic E-state index is 4.27. The molecule has 18 heavy (non-hydrogen) atoms. The summed E-state index contributed by atoms with van der Waals surface area (Å²) in [7, 11) is 0. The van der Waals surface area contributed by atoms with Gasteiger partial charge in [-0.05, 0) is 12.8 Å². The second-order valence-electron chi connectivity index (χ2n) is 4.56. The molecule has 1 aliphatic heterocycles. The first-order valence-corrected chi connectivity index (χ1v) is 8.58. The van der Waals surface area contributed by atoms with Crippen LogP contribution in [0.15, 0.2) is 0 Å². The molecule has 1 aromatic rings. The fourth-order valence-corrected chi connectivity index (χ4v) is 4.04. The molecule has 1 aliphatic rings. The van der Waals surface area contributed by atoms with E-state index in [0.717, 1.165) is 34.9 Å². The monoisotopic (exact) mass is 286 g/mol. The highest BCUT2D eigenvalue weighted by molar-refractivity contribution is 8.00. The zero-order chi connectivity index (χ0) is 12.8. The van der Waals surface area contributed by atoms with Crippen LogP contribution in [0, 0.1) is 0 Å². The predicted molar refractivity (Wildman–Crippen MR) is 80.5 cm³/mol. The van der Waals surface area contributed by atoms with Crippen molar-refractivity contribution in [1.29, 1.82) is 0 Å². The number of rotatable bonds is 6. The van der Waals surface area contributed by atoms with Crippen molar-refractivity contribution in [3.63, 3.8) is 0 Å². The van der Waals surface area contributed by atoms with E-state index >= 15 is 0 Å². The minimum absolute atomic E-state index is 0.796. The first-order valence-electron chi connectivity index (χ1n) is 6.72. The molecule has 1 saturated heterocycles. The van der Waals surface area contributed by atoms with E-state index in [1.165, 1.54) is 25.3 Å². The number of aromatic nitrogens is 2.